The summed E-state index contributed by atoms with van der Waals surface area (Å²) in [5, 5.41) is 0. The molecule has 18 heavy (non-hydrogen) atoms. The molecule has 0 saturated carbocycles. The van der Waals surface area contributed by atoms with Crippen molar-refractivity contribution in [1.29, 1.82) is 0 Å². The van der Waals surface area contributed by atoms with Crippen LogP contribution < -0.4 is 9.64 Å². The highest BCUT2D eigenvalue weighted by molar-refractivity contribution is 9.10. The van der Waals surface area contributed by atoms with Crippen molar-refractivity contribution in [3.63, 3.8) is 0 Å². The first-order chi connectivity index (χ1) is 8.72. The largest absolute Gasteiger partial charge is 0.486 e. The molecule has 1 aliphatic heterocycles. The van der Waals surface area contributed by atoms with Gasteiger partial charge in [-0.25, -0.2) is 4.39 Å². The third kappa shape index (κ3) is 3.16. The molecule has 4 heteroatoms. The van der Waals surface area contributed by atoms with Crippen molar-refractivity contribution in [2.75, 3.05) is 24.6 Å². The third-order valence-corrected chi connectivity index (χ3v) is 3.68. The molecule has 0 aliphatic carbocycles. The summed E-state index contributed by atoms with van der Waals surface area (Å²) < 4.78 is 20.0. The van der Waals surface area contributed by atoms with Crippen LogP contribution in [0.3, 0.4) is 0 Å². The molecule has 1 aromatic carbocycles. The van der Waals surface area contributed by atoms with Crippen LogP contribution in [0.2, 0.25) is 0 Å². The van der Waals surface area contributed by atoms with Crippen molar-refractivity contribution in [2.24, 2.45) is 0 Å². The Morgan fingerprint density at radius 3 is 2.94 bits per heavy atom. The van der Waals surface area contributed by atoms with Gasteiger partial charge in [-0.2, -0.15) is 0 Å². The Labute approximate surface area is 116 Å². The van der Waals surface area contributed by atoms with Crippen LogP contribution in [-0.4, -0.2) is 19.7 Å². The van der Waals surface area contributed by atoms with Gasteiger partial charge >= 0.3 is 0 Å². The van der Waals surface area contributed by atoms with Crippen LogP contribution in [0.15, 0.2) is 16.6 Å². The van der Waals surface area contributed by atoms with Gasteiger partial charge in [-0.3, -0.25) is 0 Å². The molecule has 2 rings (SSSR count). The number of nitrogens with zero attached hydrogens (tertiary/aromatic N) is 1. The minimum Gasteiger partial charge on any atom is -0.486 e. The minimum absolute atomic E-state index is 0.280. The van der Waals surface area contributed by atoms with Gasteiger partial charge in [0.25, 0.3) is 0 Å². The van der Waals surface area contributed by atoms with Crippen molar-refractivity contribution >= 4 is 21.6 Å². The Kier molecular flexibility index (Phi) is 4.87. The molecule has 1 aromatic rings. The predicted octanol–water partition coefficient (Wildman–Crippen LogP) is 4.37. The Morgan fingerprint density at radius 2 is 2.17 bits per heavy atom. The van der Waals surface area contributed by atoms with E-state index in [0.717, 1.165) is 29.7 Å². The summed E-state index contributed by atoms with van der Waals surface area (Å²) in [5.41, 5.74) is 0.879. The fraction of sp³-hybridized carbons (Fsp3) is 0.571. The molecule has 100 valence electrons. The van der Waals surface area contributed by atoms with E-state index in [2.05, 4.69) is 27.8 Å². The van der Waals surface area contributed by atoms with Gasteiger partial charge in [-0.1, -0.05) is 42.1 Å². The van der Waals surface area contributed by atoms with Gasteiger partial charge in [0.15, 0.2) is 11.6 Å². The van der Waals surface area contributed by atoms with Crippen LogP contribution in [0.4, 0.5) is 10.1 Å². The summed E-state index contributed by atoms with van der Waals surface area (Å²) in [5.74, 6) is 0.123. The zero-order valence-electron chi connectivity index (χ0n) is 10.7. The summed E-state index contributed by atoms with van der Waals surface area (Å²) in [6, 6.07) is 3.40. The normalized spacial score (nSPS) is 14.3. The van der Waals surface area contributed by atoms with Crippen LogP contribution in [0.25, 0.3) is 0 Å². The smallest absolute Gasteiger partial charge is 0.178 e. The van der Waals surface area contributed by atoms with Gasteiger partial charge in [-0.05, 0) is 18.6 Å². The number of hydrogen-bond donors (Lipinski definition) is 0. The van der Waals surface area contributed by atoms with E-state index >= 15 is 0 Å². The van der Waals surface area contributed by atoms with Gasteiger partial charge < -0.3 is 9.64 Å². The van der Waals surface area contributed by atoms with Crippen LogP contribution in [-0.2, 0) is 0 Å². The molecule has 1 aliphatic rings. The molecule has 0 atom stereocenters. The number of anilines is 1. The summed E-state index contributed by atoms with van der Waals surface area (Å²) in [7, 11) is 0. The number of rotatable bonds is 5. The highest BCUT2D eigenvalue weighted by Gasteiger charge is 2.21. The number of halogens is 2. The maximum atomic E-state index is 13.8. The standard InChI is InChI=1S/C14H19BrFNO/c1-2-3-4-5-6-17-7-8-18-14-12(16)9-11(15)10-13(14)17/h9-10H,2-8H2,1H3. The maximum Gasteiger partial charge on any atom is 0.178 e. The lowest BCUT2D eigenvalue weighted by Gasteiger charge is -2.31. The molecule has 0 aromatic heterocycles. The molecular weight excluding hydrogens is 297 g/mol. The molecular formula is C14H19BrFNO. The van der Waals surface area contributed by atoms with E-state index < -0.39 is 0 Å². The first-order valence-corrected chi connectivity index (χ1v) is 7.38. The lowest BCUT2D eigenvalue weighted by Crippen LogP contribution is -2.33. The Bertz CT molecular complexity index is 411. The fourth-order valence-corrected chi connectivity index (χ4v) is 2.68. The SMILES string of the molecule is CCCCCCN1CCOc2c(F)cc(Br)cc21. The highest BCUT2D eigenvalue weighted by atomic mass is 79.9. The van der Waals surface area contributed by atoms with Crippen LogP contribution >= 0.6 is 15.9 Å². The summed E-state index contributed by atoms with van der Waals surface area (Å²) >= 11 is 3.34. The van der Waals surface area contributed by atoms with Crippen molar-refractivity contribution < 1.29 is 9.13 Å². The lowest BCUT2D eigenvalue weighted by atomic mass is 10.1. The summed E-state index contributed by atoms with van der Waals surface area (Å²) in [4.78, 5) is 2.22. The number of hydrogen-bond acceptors (Lipinski definition) is 2. The van der Waals surface area contributed by atoms with E-state index in [0.29, 0.717) is 12.4 Å². The topological polar surface area (TPSA) is 12.5 Å². The van der Waals surface area contributed by atoms with Gasteiger partial charge in [0, 0.05) is 11.0 Å². The van der Waals surface area contributed by atoms with E-state index in [1.807, 2.05) is 6.07 Å². The number of unbranched alkanes of at least 4 members (excludes halogenated alkanes) is 3. The monoisotopic (exact) mass is 315 g/mol. The molecule has 0 unspecified atom stereocenters. The van der Waals surface area contributed by atoms with E-state index in [1.165, 1.54) is 25.3 Å². The quantitative estimate of drug-likeness (QED) is 0.748. The second-order valence-electron chi connectivity index (χ2n) is 4.63. The Morgan fingerprint density at radius 1 is 1.33 bits per heavy atom. The fourth-order valence-electron chi connectivity index (χ4n) is 2.26. The van der Waals surface area contributed by atoms with Crippen LogP contribution in [0.5, 0.6) is 5.75 Å². The minimum atomic E-state index is -0.280. The second-order valence-corrected chi connectivity index (χ2v) is 5.55. The zero-order valence-corrected chi connectivity index (χ0v) is 12.3. The molecule has 0 fully saturated rings. The average Bonchev–Trinajstić information content (AvgIpc) is 2.35. The Hall–Kier alpha value is -0.770. The molecule has 0 saturated heterocycles. The number of fused-ring (bicyclic) bond motifs is 1. The highest BCUT2D eigenvalue weighted by Crippen LogP contribution is 2.36. The summed E-state index contributed by atoms with van der Waals surface area (Å²) in [6.07, 6.45) is 4.89. The van der Waals surface area contributed by atoms with E-state index in [1.54, 1.807) is 0 Å². The van der Waals surface area contributed by atoms with E-state index in [-0.39, 0.29) is 5.82 Å². The lowest BCUT2D eigenvalue weighted by molar-refractivity contribution is 0.291. The third-order valence-electron chi connectivity index (χ3n) is 3.22. The zero-order chi connectivity index (χ0) is 13.0. The predicted molar refractivity (Wildman–Crippen MR) is 76.0 cm³/mol. The molecule has 0 spiro atoms. The van der Waals surface area contributed by atoms with Gasteiger partial charge in [0.05, 0.1) is 12.2 Å². The first kappa shape index (κ1) is 13.7. The molecule has 0 radical (unpaired) electrons. The van der Waals surface area contributed by atoms with Crippen LogP contribution in [0, 0.1) is 5.82 Å². The molecule has 0 bridgehead atoms. The maximum absolute atomic E-state index is 13.8. The van der Waals surface area contributed by atoms with E-state index in [4.69, 9.17) is 4.74 Å². The average molecular weight is 316 g/mol. The second kappa shape index (κ2) is 6.41. The van der Waals surface area contributed by atoms with Gasteiger partial charge in [0.1, 0.15) is 6.61 Å². The van der Waals surface area contributed by atoms with Crippen molar-refractivity contribution in [2.45, 2.75) is 32.6 Å². The van der Waals surface area contributed by atoms with Crippen LogP contribution in [0.1, 0.15) is 32.6 Å². The number of benzene rings is 1. The number of ether oxygens (including phenoxy) is 1. The van der Waals surface area contributed by atoms with Crippen molar-refractivity contribution in [3.05, 3.63) is 22.4 Å². The van der Waals surface area contributed by atoms with E-state index in [9.17, 15) is 4.39 Å². The molecule has 1 heterocycles. The Balaban J connectivity index is 2.07. The van der Waals surface area contributed by atoms with Gasteiger partial charge in [0.2, 0.25) is 0 Å². The molecule has 2 nitrogen and oxygen atoms in total. The van der Waals surface area contributed by atoms with Crippen molar-refractivity contribution in [3.8, 4) is 5.75 Å². The molecule has 0 amide bonds. The van der Waals surface area contributed by atoms with Crippen molar-refractivity contribution in [1.82, 2.24) is 0 Å². The van der Waals surface area contributed by atoms with Gasteiger partial charge in [-0.15, -0.1) is 0 Å². The first-order valence-electron chi connectivity index (χ1n) is 6.59. The summed E-state index contributed by atoms with van der Waals surface area (Å²) in [6.45, 7) is 4.59. The molecule has 0 N–H and O–H groups in total.